The lowest BCUT2D eigenvalue weighted by molar-refractivity contribution is 0.865. The molecule has 0 aliphatic heterocycles. The van der Waals surface area contributed by atoms with Crippen molar-refractivity contribution in [2.24, 2.45) is 0 Å². The maximum atomic E-state index is 2.37. The van der Waals surface area contributed by atoms with Gasteiger partial charge in [0.25, 0.3) is 0 Å². The molecule has 1 atom stereocenters. The largest absolute Gasteiger partial charge is 0.139 e. The number of allylic oxidation sites excluding steroid dienone is 4. The van der Waals surface area contributed by atoms with E-state index in [1.54, 1.807) is 0 Å². The molecule has 0 radical (unpaired) electrons. The molecule has 1 heteroatoms. The average Bonchev–Trinajstić information content (AvgIpc) is 2.62. The summed E-state index contributed by atoms with van der Waals surface area (Å²) in [7, 11) is 2.13. The summed E-state index contributed by atoms with van der Waals surface area (Å²) in [5, 5.41) is 2.70. The summed E-state index contributed by atoms with van der Waals surface area (Å²) in [5.74, 6) is 0.468. The third-order valence-electron chi connectivity index (χ3n) is 4.71. The van der Waals surface area contributed by atoms with E-state index in [0.717, 1.165) is 6.42 Å². The fourth-order valence-electron chi connectivity index (χ4n) is 3.38. The monoisotopic (exact) mass is 294 g/mol. The third-order valence-corrected chi connectivity index (χ3v) is 4.71. The molecule has 0 fully saturated rings. The number of hydrogen-bond donors (Lipinski definition) is 0. The summed E-state index contributed by atoms with van der Waals surface area (Å²) in [6.07, 6.45) is 8.07. The predicted octanol–water partition coefficient (Wildman–Crippen LogP) is 4.23. The quantitative estimate of drug-likeness (QED) is 0.621. The first-order chi connectivity index (χ1) is 11.3. The van der Waals surface area contributed by atoms with E-state index in [0.29, 0.717) is 5.92 Å². The van der Waals surface area contributed by atoms with Crippen molar-refractivity contribution in [2.45, 2.75) is 12.3 Å². The SMILES string of the molecule is Bc1ccc(C2=CCC(c3cccc4ccccc34)C=C2)cc1. The van der Waals surface area contributed by atoms with E-state index in [9.17, 15) is 0 Å². The fraction of sp³-hybridized carbons (Fsp3) is 0.0909. The van der Waals surface area contributed by atoms with Crippen molar-refractivity contribution in [2.75, 3.05) is 0 Å². The van der Waals surface area contributed by atoms with Crippen molar-refractivity contribution < 1.29 is 0 Å². The van der Waals surface area contributed by atoms with Crippen LogP contribution in [0.4, 0.5) is 0 Å². The zero-order valence-corrected chi connectivity index (χ0v) is 13.4. The highest BCUT2D eigenvalue weighted by atomic mass is 14.2. The molecule has 4 rings (SSSR count). The van der Waals surface area contributed by atoms with E-state index in [4.69, 9.17) is 0 Å². The van der Waals surface area contributed by atoms with Gasteiger partial charge in [-0.3, -0.25) is 0 Å². The molecular weight excluding hydrogens is 275 g/mol. The van der Waals surface area contributed by atoms with Gasteiger partial charge in [0, 0.05) is 5.92 Å². The Morgan fingerprint density at radius 1 is 0.826 bits per heavy atom. The van der Waals surface area contributed by atoms with Crippen LogP contribution in [0.15, 0.2) is 85.0 Å². The van der Waals surface area contributed by atoms with Gasteiger partial charge in [0.05, 0.1) is 0 Å². The molecule has 0 heterocycles. The van der Waals surface area contributed by atoms with Crippen molar-refractivity contribution in [1.29, 1.82) is 0 Å². The lowest BCUT2D eigenvalue weighted by Gasteiger charge is -2.19. The van der Waals surface area contributed by atoms with Crippen LogP contribution in [0.3, 0.4) is 0 Å². The Hall–Kier alpha value is -2.54. The van der Waals surface area contributed by atoms with E-state index >= 15 is 0 Å². The molecule has 0 N–H and O–H groups in total. The van der Waals surface area contributed by atoms with Crippen LogP contribution in [0, 0.1) is 0 Å². The molecule has 0 saturated carbocycles. The highest BCUT2D eigenvalue weighted by molar-refractivity contribution is 6.32. The standard InChI is InChI=1S/C22H19B/c23-20-14-12-17(13-15-20)16-8-10-19(11-9-16)22-7-3-5-18-4-1-2-6-21(18)22/h1-10,12-15,19H,11,23H2. The van der Waals surface area contributed by atoms with E-state index in [1.165, 1.54) is 32.9 Å². The highest BCUT2D eigenvalue weighted by Crippen LogP contribution is 2.34. The lowest BCUT2D eigenvalue weighted by atomic mass is 9.85. The van der Waals surface area contributed by atoms with Crippen molar-refractivity contribution >= 4 is 29.7 Å². The van der Waals surface area contributed by atoms with Crippen LogP contribution in [-0.4, -0.2) is 7.85 Å². The Labute approximate surface area is 138 Å². The average molecular weight is 294 g/mol. The van der Waals surface area contributed by atoms with Crippen molar-refractivity contribution in [3.8, 4) is 0 Å². The van der Waals surface area contributed by atoms with Crippen LogP contribution >= 0.6 is 0 Å². The van der Waals surface area contributed by atoms with Gasteiger partial charge >= 0.3 is 0 Å². The zero-order valence-electron chi connectivity index (χ0n) is 13.4. The second-order valence-electron chi connectivity index (χ2n) is 6.30. The molecule has 23 heavy (non-hydrogen) atoms. The van der Waals surface area contributed by atoms with Crippen molar-refractivity contribution in [1.82, 2.24) is 0 Å². The molecule has 0 aromatic heterocycles. The summed E-state index contributed by atoms with van der Waals surface area (Å²) in [5.41, 5.74) is 5.38. The Morgan fingerprint density at radius 2 is 1.61 bits per heavy atom. The molecular formula is C22H19B. The highest BCUT2D eigenvalue weighted by Gasteiger charge is 2.14. The first-order valence-corrected chi connectivity index (χ1v) is 8.24. The minimum absolute atomic E-state index is 0.468. The van der Waals surface area contributed by atoms with Crippen LogP contribution < -0.4 is 5.46 Å². The van der Waals surface area contributed by atoms with Crippen LogP contribution in [0.1, 0.15) is 23.5 Å². The summed E-state index contributed by atoms with van der Waals surface area (Å²) in [4.78, 5) is 0. The second-order valence-corrected chi connectivity index (χ2v) is 6.30. The smallest absolute Gasteiger partial charge is 0.0889 e. The topological polar surface area (TPSA) is 0 Å². The molecule has 0 bridgehead atoms. The van der Waals surface area contributed by atoms with E-state index in [2.05, 4.69) is 92.8 Å². The molecule has 1 unspecified atom stereocenters. The normalized spacial score (nSPS) is 17.2. The Balaban J connectivity index is 1.64. The van der Waals surface area contributed by atoms with Crippen LogP contribution in [-0.2, 0) is 0 Å². The molecule has 110 valence electrons. The molecule has 0 amide bonds. The number of rotatable bonds is 2. The van der Waals surface area contributed by atoms with Gasteiger partial charge < -0.3 is 0 Å². The van der Waals surface area contributed by atoms with Gasteiger partial charge in [-0.1, -0.05) is 90.4 Å². The third kappa shape index (κ3) is 2.75. The maximum absolute atomic E-state index is 2.37. The first kappa shape index (κ1) is 14.1. The molecule has 3 aromatic rings. The van der Waals surface area contributed by atoms with Gasteiger partial charge in [0.1, 0.15) is 7.85 Å². The van der Waals surface area contributed by atoms with Gasteiger partial charge in [-0.2, -0.15) is 0 Å². The minimum atomic E-state index is 0.468. The van der Waals surface area contributed by atoms with Crippen molar-refractivity contribution in [3.05, 3.63) is 96.1 Å². The summed E-state index contributed by atoms with van der Waals surface area (Å²) in [6.45, 7) is 0. The molecule has 0 nitrogen and oxygen atoms in total. The number of fused-ring (bicyclic) bond motifs is 1. The predicted molar refractivity (Wildman–Crippen MR) is 103 cm³/mol. The summed E-state index contributed by atoms with van der Waals surface area (Å²) < 4.78 is 0. The van der Waals surface area contributed by atoms with E-state index < -0.39 is 0 Å². The Morgan fingerprint density at radius 3 is 2.39 bits per heavy atom. The second kappa shape index (κ2) is 5.93. The van der Waals surface area contributed by atoms with Crippen LogP contribution in [0.5, 0.6) is 0 Å². The Kier molecular flexibility index (Phi) is 3.63. The maximum Gasteiger partial charge on any atom is 0.139 e. The van der Waals surface area contributed by atoms with E-state index in [-0.39, 0.29) is 0 Å². The molecule has 0 spiro atoms. The van der Waals surface area contributed by atoms with Crippen LogP contribution in [0.2, 0.25) is 0 Å². The number of benzene rings is 3. The van der Waals surface area contributed by atoms with Gasteiger partial charge in [-0.05, 0) is 33.9 Å². The van der Waals surface area contributed by atoms with Crippen molar-refractivity contribution in [3.63, 3.8) is 0 Å². The zero-order chi connectivity index (χ0) is 15.6. The van der Waals surface area contributed by atoms with E-state index in [1.807, 2.05) is 0 Å². The molecule has 0 saturated heterocycles. The van der Waals surface area contributed by atoms with Gasteiger partial charge in [0.15, 0.2) is 0 Å². The molecule has 1 aliphatic rings. The summed E-state index contributed by atoms with van der Waals surface area (Å²) in [6, 6.07) is 24.1. The van der Waals surface area contributed by atoms with Gasteiger partial charge in [-0.25, -0.2) is 0 Å². The fourth-order valence-corrected chi connectivity index (χ4v) is 3.38. The minimum Gasteiger partial charge on any atom is -0.0889 e. The number of hydrogen-bond acceptors (Lipinski definition) is 0. The summed E-state index contributed by atoms with van der Waals surface area (Å²) >= 11 is 0. The molecule has 1 aliphatic carbocycles. The molecule has 3 aromatic carbocycles. The van der Waals surface area contributed by atoms with Gasteiger partial charge in [-0.15, -0.1) is 0 Å². The lowest BCUT2D eigenvalue weighted by Crippen LogP contribution is -2.02. The van der Waals surface area contributed by atoms with Crippen LogP contribution in [0.25, 0.3) is 16.3 Å². The Bertz CT molecular complexity index is 895. The van der Waals surface area contributed by atoms with Gasteiger partial charge in [0.2, 0.25) is 0 Å². The first-order valence-electron chi connectivity index (χ1n) is 8.24.